The van der Waals surface area contributed by atoms with Crippen LogP contribution in [0.25, 0.3) is 0 Å². The monoisotopic (exact) mass is 374 g/mol. The Labute approximate surface area is 125 Å². The molecule has 0 spiro atoms. The molecule has 0 aromatic heterocycles. The van der Waals surface area contributed by atoms with Gasteiger partial charge in [-0.05, 0) is 0 Å². The van der Waals surface area contributed by atoms with E-state index in [0.717, 1.165) is 0 Å². The molecule has 112 valence electrons. The average molecular weight is 373 g/mol. The molecule has 0 saturated heterocycles. The molecule has 0 atom stereocenters. The summed E-state index contributed by atoms with van der Waals surface area (Å²) in [5.41, 5.74) is 0. The molecule has 0 aromatic rings. The SMILES string of the molecule is CCC[CH2][Sn]([CH2]CCC)([CH2]CCC)[N]1CC=CN1C. The molecule has 0 fully saturated rings. The fourth-order valence-corrected chi connectivity index (χ4v) is 19.8. The second-order valence-corrected chi connectivity index (χ2v) is 18.8. The van der Waals surface area contributed by atoms with Crippen molar-refractivity contribution in [2.24, 2.45) is 0 Å². The van der Waals surface area contributed by atoms with Crippen LogP contribution in [0.4, 0.5) is 0 Å². The van der Waals surface area contributed by atoms with Crippen molar-refractivity contribution in [2.75, 3.05) is 13.6 Å². The third-order valence-corrected chi connectivity index (χ3v) is 20.1. The molecule has 1 rings (SSSR count). The number of unbranched alkanes of at least 4 members (excludes halogenated alkanes) is 3. The Hall–Kier alpha value is 0.299. The summed E-state index contributed by atoms with van der Waals surface area (Å²) in [4.78, 5) is 0. The number of hydrogen-bond donors (Lipinski definition) is 0. The van der Waals surface area contributed by atoms with Gasteiger partial charge in [-0.2, -0.15) is 0 Å². The Balaban J connectivity index is 2.80. The number of hydrazine groups is 1. The maximum atomic E-state index is 2.84. The van der Waals surface area contributed by atoms with Crippen LogP contribution in [0.15, 0.2) is 12.3 Å². The molecular formula is C16H34N2Sn. The number of hydrogen-bond acceptors (Lipinski definition) is 2. The first kappa shape index (κ1) is 17.4. The van der Waals surface area contributed by atoms with E-state index in [1.165, 1.54) is 45.1 Å². The third-order valence-electron chi connectivity index (χ3n) is 4.51. The molecule has 0 saturated carbocycles. The van der Waals surface area contributed by atoms with Gasteiger partial charge >= 0.3 is 125 Å². The molecule has 1 heterocycles. The first-order chi connectivity index (χ1) is 9.20. The van der Waals surface area contributed by atoms with Crippen LogP contribution in [0.3, 0.4) is 0 Å². The predicted octanol–water partition coefficient (Wildman–Crippen LogP) is 5.01. The van der Waals surface area contributed by atoms with Crippen LogP contribution in [0.2, 0.25) is 13.3 Å². The van der Waals surface area contributed by atoms with Crippen molar-refractivity contribution in [3.63, 3.8) is 0 Å². The van der Waals surface area contributed by atoms with Gasteiger partial charge in [0.1, 0.15) is 0 Å². The molecule has 0 N–H and O–H groups in total. The van der Waals surface area contributed by atoms with Crippen molar-refractivity contribution >= 4 is 18.7 Å². The van der Waals surface area contributed by atoms with Gasteiger partial charge in [-0.1, -0.05) is 0 Å². The minimum atomic E-state index is -2.16. The van der Waals surface area contributed by atoms with Crippen LogP contribution in [0.5, 0.6) is 0 Å². The first-order valence-electron chi connectivity index (χ1n) is 8.37. The Bertz CT molecular complexity index is 244. The molecule has 1 aliphatic heterocycles. The summed E-state index contributed by atoms with van der Waals surface area (Å²) >= 11 is -2.16. The topological polar surface area (TPSA) is 6.48 Å². The average Bonchev–Trinajstić information content (AvgIpc) is 2.85. The summed E-state index contributed by atoms with van der Waals surface area (Å²) in [6, 6.07) is 0. The second-order valence-electron chi connectivity index (χ2n) is 6.08. The van der Waals surface area contributed by atoms with Crippen molar-refractivity contribution in [1.29, 1.82) is 0 Å². The van der Waals surface area contributed by atoms with Crippen molar-refractivity contribution in [1.82, 2.24) is 8.24 Å². The van der Waals surface area contributed by atoms with E-state index < -0.39 is 18.7 Å². The molecule has 1 aliphatic rings. The normalized spacial score (nSPS) is 16.5. The van der Waals surface area contributed by atoms with Gasteiger partial charge in [-0.25, -0.2) is 0 Å². The van der Waals surface area contributed by atoms with Gasteiger partial charge in [0.15, 0.2) is 0 Å². The molecular weight excluding hydrogens is 339 g/mol. The molecule has 2 nitrogen and oxygen atoms in total. The summed E-state index contributed by atoms with van der Waals surface area (Å²) in [5.74, 6) is 0. The van der Waals surface area contributed by atoms with E-state index in [-0.39, 0.29) is 0 Å². The van der Waals surface area contributed by atoms with E-state index in [4.69, 9.17) is 0 Å². The fourth-order valence-electron chi connectivity index (χ4n) is 3.32. The summed E-state index contributed by atoms with van der Waals surface area (Å²) in [6.07, 6.45) is 13.1. The van der Waals surface area contributed by atoms with Gasteiger partial charge in [0.25, 0.3) is 0 Å². The van der Waals surface area contributed by atoms with Crippen LogP contribution >= 0.6 is 0 Å². The van der Waals surface area contributed by atoms with Gasteiger partial charge in [0.2, 0.25) is 0 Å². The summed E-state index contributed by atoms with van der Waals surface area (Å²) in [6.45, 7) is 8.25. The van der Waals surface area contributed by atoms with Crippen LogP contribution in [0, 0.1) is 0 Å². The Kier molecular flexibility index (Phi) is 8.47. The summed E-state index contributed by atoms with van der Waals surface area (Å²) < 4.78 is 7.54. The van der Waals surface area contributed by atoms with E-state index in [9.17, 15) is 0 Å². The Morgan fingerprint density at radius 3 is 1.68 bits per heavy atom. The van der Waals surface area contributed by atoms with Gasteiger partial charge in [-0.15, -0.1) is 0 Å². The molecule has 0 amide bonds. The number of rotatable bonds is 10. The molecule has 0 unspecified atom stereocenters. The van der Waals surface area contributed by atoms with E-state index >= 15 is 0 Å². The zero-order valence-corrected chi connectivity index (χ0v) is 16.5. The molecule has 0 aromatic carbocycles. The fraction of sp³-hybridized carbons (Fsp3) is 0.875. The molecule has 0 radical (unpaired) electrons. The van der Waals surface area contributed by atoms with Crippen LogP contribution in [-0.4, -0.2) is 40.5 Å². The van der Waals surface area contributed by atoms with Crippen LogP contribution in [-0.2, 0) is 0 Å². The number of nitrogens with zero attached hydrogens (tertiary/aromatic N) is 2. The quantitative estimate of drug-likeness (QED) is 0.497. The minimum absolute atomic E-state index is 1.20. The van der Waals surface area contributed by atoms with E-state index in [2.05, 4.69) is 48.3 Å². The zero-order chi connectivity index (χ0) is 14.1. The van der Waals surface area contributed by atoms with Crippen molar-refractivity contribution in [2.45, 2.75) is 72.6 Å². The molecule has 19 heavy (non-hydrogen) atoms. The van der Waals surface area contributed by atoms with Crippen molar-refractivity contribution in [3.05, 3.63) is 12.3 Å². The van der Waals surface area contributed by atoms with Gasteiger partial charge < -0.3 is 0 Å². The van der Waals surface area contributed by atoms with E-state index in [1.807, 2.05) is 0 Å². The maximum absolute atomic E-state index is 2.84. The molecule has 3 heteroatoms. The summed E-state index contributed by atoms with van der Waals surface area (Å²) in [7, 11) is 2.26. The standard InChI is InChI=1S/C4H7N2.3C4H9.Sn/c1-6-4-2-3-5-6;3*1-3-4-2;/h2,4H,3H2,1H3;3*1,3-4H2,2H3;/q-1;;;;+1. The van der Waals surface area contributed by atoms with E-state index in [1.54, 1.807) is 13.3 Å². The van der Waals surface area contributed by atoms with Crippen molar-refractivity contribution in [3.8, 4) is 0 Å². The van der Waals surface area contributed by atoms with Crippen molar-refractivity contribution < 1.29 is 0 Å². The molecule has 0 aliphatic carbocycles. The second kappa shape index (κ2) is 9.27. The Morgan fingerprint density at radius 1 is 0.895 bits per heavy atom. The van der Waals surface area contributed by atoms with Gasteiger partial charge in [0.05, 0.1) is 0 Å². The van der Waals surface area contributed by atoms with E-state index in [0.29, 0.717) is 0 Å². The third kappa shape index (κ3) is 4.96. The van der Waals surface area contributed by atoms with Crippen LogP contribution < -0.4 is 0 Å². The predicted molar refractivity (Wildman–Crippen MR) is 88.5 cm³/mol. The summed E-state index contributed by atoms with van der Waals surface area (Å²) in [5, 5.41) is 2.43. The zero-order valence-electron chi connectivity index (χ0n) is 13.6. The van der Waals surface area contributed by atoms with Gasteiger partial charge in [0, 0.05) is 0 Å². The Morgan fingerprint density at radius 2 is 1.37 bits per heavy atom. The molecule has 0 bridgehead atoms. The van der Waals surface area contributed by atoms with Crippen LogP contribution in [0.1, 0.15) is 59.3 Å². The van der Waals surface area contributed by atoms with Gasteiger partial charge in [-0.3, -0.25) is 0 Å². The first-order valence-corrected chi connectivity index (χ1v) is 15.7.